The Labute approximate surface area is 155 Å². The van der Waals surface area contributed by atoms with Crippen LogP contribution in [0, 0.1) is 17.0 Å². The number of rotatable bonds is 4. The van der Waals surface area contributed by atoms with E-state index in [1.807, 2.05) is 25.1 Å². The molecule has 3 rings (SSSR count). The van der Waals surface area contributed by atoms with E-state index in [0.717, 1.165) is 16.3 Å². The van der Waals surface area contributed by atoms with Crippen LogP contribution in [0.1, 0.15) is 16.1 Å². The van der Waals surface area contributed by atoms with Crippen LogP contribution in [0.2, 0.25) is 0 Å². The summed E-state index contributed by atoms with van der Waals surface area (Å²) < 4.78 is 0.316. The molecule has 0 saturated carbocycles. The second kappa shape index (κ2) is 7.08. The number of hydrogen-bond acceptors (Lipinski definition) is 6. The van der Waals surface area contributed by atoms with Crippen molar-refractivity contribution in [2.45, 2.75) is 6.92 Å². The molecular formula is C16H11BrN4O3S. The summed E-state index contributed by atoms with van der Waals surface area (Å²) in [7, 11) is 0. The number of anilines is 1. The fourth-order valence-electron chi connectivity index (χ4n) is 2.15. The molecule has 0 spiro atoms. The molecule has 2 aromatic heterocycles. The van der Waals surface area contributed by atoms with E-state index in [9.17, 15) is 14.9 Å². The molecule has 3 aromatic rings. The van der Waals surface area contributed by atoms with Crippen molar-refractivity contribution >= 4 is 44.0 Å². The van der Waals surface area contributed by atoms with E-state index in [0.29, 0.717) is 9.60 Å². The van der Waals surface area contributed by atoms with Gasteiger partial charge in [0.1, 0.15) is 0 Å². The van der Waals surface area contributed by atoms with E-state index in [1.54, 1.807) is 6.20 Å². The third-order valence-electron chi connectivity index (χ3n) is 3.32. The minimum absolute atomic E-state index is 0.169. The second-order valence-corrected chi connectivity index (χ2v) is 6.88. The summed E-state index contributed by atoms with van der Waals surface area (Å²) in [5, 5.41) is 14.1. The molecule has 0 unspecified atom stereocenters. The number of aromatic nitrogens is 2. The van der Waals surface area contributed by atoms with Crippen LogP contribution in [-0.4, -0.2) is 20.8 Å². The molecule has 0 aliphatic rings. The molecule has 1 aromatic carbocycles. The highest BCUT2D eigenvalue weighted by Crippen LogP contribution is 2.32. The number of thiazole rings is 1. The first-order valence-electron chi connectivity index (χ1n) is 7.10. The van der Waals surface area contributed by atoms with Crippen molar-refractivity contribution in [3.8, 4) is 10.6 Å². The van der Waals surface area contributed by atoms with Crippen molar-refractivity contribution in [3.63, 3.8) is 0 Å². The second-order valence-electron chi connectivity index (χ2n) is 5.03. The first-order valence-corrected chi connectivity index (χ1v) is 8.71. The number of carbonyl (C=O) groups is 1. The first kappa shape index (κ1) is 17.2. The lowest BCUT2D eigenvalue weighted by atomic mass is 10.2. The van der Waals surface area contributed by atoms with E-state index in [4.69, 9.17) is 0 Å². The Hall–Kier alpha value is -2.65. The Kier molecular flexibility index (Phi) is 4.86. The van der Waals surface area contributed by atoms with E-state index < -0.39 is 10.8 Å². The average molecular weight is 419 g/mol. The maximum absolute atomic E-state index is 12.4. The van der Waals surface area contributed by atoms with Crippen LogP contribution in [0.4, 0.5) is 10.8 Å². The molecular weight excluding hydrogens is 408 g/mol. The van der Waals surface area contributed by atoms with Crippen molar-refractivity contribution in [1.82, 2.24) is 9.97 Å². The zero-order chi connectivity index (χ0) is 18.0. The summed E-state index contributed by atoms with van der Waals surface area (Å²) >= 11 is 4.40. The van der Waals surface area contributed by atoms with Gasteiger partial charge in [-0.05, 0) is 47.1 Å². The monoisotopic (exact) mass is 418 g/mol. The number of nitro groups is 1. The minimum atomic E-state index is -0.548. The minimum Gasteiger partial charge on any atom is -0.298 e. The quantitative estimate of drug-likeness (QED) is 0.498. The number of halogens is 1. The van der Waals surface area contributed by atoms with Crippen LogP contribution in [0.5, 0.6) is 0 Å². The lowest BCUT2D eigenvalue weighted by Gasteiger charge is -2.02. The van der Waals surface area contributed by atoms with Crippen LogP contribution < -0.4 is 5.32 Å². The summed E-state index contributed by atoms with van der Waals surface area (Å²) in [5.41, 5.74) is 1.54. The Morgan fingerprint density at radius 2 is 2.12 bits per heavy atom. The highest BCUT2D eigenvalue weighted by molar-refractivity contribution is 9.10. The molecule has 2 heterocycles. The van der Waals surface area contributed by atoms with Crippen LogP contribution >= 0.6 is 27.3 Å². The van der Waals surface area contributed by atoms with Gasteiger partial charge in [-0.15, -0.1) is 0 Å². The van der Waals surface area contributed by atoms with Crippen molar-refractivity contribution in [3.05, 3.63) is 68.4 Å². The lowest BCUT2D eigenvalue weighted by molar-refractivity contribution is -0.385. The van der Waals surface area contributed by atoms with Gasteiger partial charge in [-0.3, -0.25) is 25.2 Å². The number of nitrogens with zero attached hydrogens (tertiary/aromatic N) is 3. The molecule has 9 heteroatoms. The van der Waals surface area contributed by atoms with Gasteiger partial charge in [0, 0.05) is 17.8 Å². The number of amides is 1. The molecule has 126 valence electrons. The smallest absolute Gasteiger partial charge is 0.284 e. The van der Waals surface area contributed by atoms with Gasteiger partial charge in [0.25, 0.3) is 11.6 Å². The summed E-state index contributed by atoms with van der Waals surface area (Å²) in [5.74, 6) is -0.461. The molecule has 0 fully saturated rings. The summed E-state index contributed by atoms with van der Waals surface area (Å²) in [6, 6.07) is 9.76. The zero-order valence-corrected chi connectivity index (χ0v) is 15.3. The summed E-state index contributed by atoms with van der Waals surface area (Å²) in [6.45, 7) is 1.83. The van der Waals surface area contributed by atoms with Gasteiger partial charge < -0.3 is 0 Å². The molecule has 7 nitrogen and oxygen atoms in total. The van der Waals surface area contributed by atoms with Crippen molar-refractivity contribution < 1.29 is 9.72 Å². The predicted molar refractivity (Wildman–Crippen MR) is 98.8 cm³/mol. The Morgan fingerprint density at radius 1 is 1.32 bits per heavy atom. The van der Waals surface area contributed by atoms with Crippen LogP contribution in [-0.2, 0) is 0 Å². The number of carbonyl (C=O) groups excluding carboxylic acids is 1. The van der Waals surface area contributed by atoms with E-state index >= 15 is 0 Å². The average Bonchev–Trinajstić information content (AvgIpc) is 2.96. The highest BCUT2D eigenvalue weighted by atomic mass is 79.9. The molecule has 1 amide bonds. The van der Waals surface area contributed by atoms with Gasteiger partial charge in [-0.25, -0.2) is 4.98 Å². The fourth-order valence-corrected chi connectivity index (χ4v) is 3.48. The summed E-state index contributed by atoms with van der Waals surface area (Å²) in [6.07, 6.45) is 1.69. The molecule has 0 bridgehead atoms. The number of aryl methyl sites for hydroxylation is 1. The number of nitrogens with one attached hydrogen (secondary N) is 1. The molecule has 0 saturated heterocycles. The number of hydrogen-bond donors (Lipinski definition) is 1. The topological polar surface area (TPSA) is 98.0 Å². The van der Waals surface area contributed by atoms with Crippen molar-refractivity contribution in [2.24, 2.45) is 0 Å². The molecule has 1 N–H and O–H groups in total. The number of nitro benzene ring substituents is 1. The standard InChI is InChI=1S/C16H11BrN4O3S/c1-9-14(12-4-2-3-7-18-12)25-16(19-9)20-15(22)10-5-6-11(17)13(8-10)21(23)24/h2-8H,1H3,(H,19,20,22). The maximum Gasteiger partial charge on any atom is 0.284 e. The normalized spacial score (nSPS) is 10.5. The number of benzene rings is 1. The van der Waals surface area contributed by atoms with Crippen molar-refractivity contribution in [1.29, 1.82) is 0 Å². The van der Waals surface area contributed by atoms with E-state index in [1.165, 1.54) is 29.5 Å². The fraction of sp³-hybridized carbons (Fsp3) is 0.0625. The van der Waals surface area contributed by atoms with Gasteiger partial charge in [0.2, 0.25) is 0 Å². The predicted octanol–water partition coefficient (Wildman–Crippen LogP) is 4.44. The molecule has 0 atom stereocenters. The highest BCUT2D eigenvalue weighted by Gasteiger charge is 2.18. The maximum atomic E-state index is 12.4. The molecule has 0 radical (unpaired) electrons. The molecule has 0 aliphatic carbocycles. The largest absolute Gasteiger partial charge is 0.298 e. The molecule has 25 heavy (non-hydrogen) atoms. The van der Waals surface area contributed by atoms with Crippen LogP contribution in [0.15, 0.2) is 47.1 Å². The van der Waals surface area contributed by atoms with Gasteiger partial charge in [-0.2, -0.15) is 0 Å². The van der Waals surface area contributed by atoms with Gasteiger partial charge in [-0.1, -0.05) is 17.4 Å². The van der Waals surface area contributed by atoms with E-state index in [-0.39, 0.29) is 11.3 Å². The van der Waals surface area contributed by atoms with Crippen LogP contribution in [0.25, 0.3) is 10.6 Å². The summed E-state index contributed by atoms with van der Waals surface area (Å²) in [4.78, 5) is 32.3. The Balaban J connectivity index is 1.85. The Bertz CT molecular complexity index is 959. The van der Waals surface area contributed by atoms with Gasteiger partial charge in [0.05, 0.1) is 25.7 Å². The van der Waals surface area contributed by atoms with Gasteiger partial charge >= 0.3 is 0 Å². The molecule has 0 aliphatic heterocycles. The SMILES string of the molecule is Cc1nc(NC(=O)c2ccc(Br)c([N+](=O)[O-])c2)sc1-c1ccccn1. The van der Waals surface area contributed by atoms with Crippen molar-refractivity contribution in [2.75, 3.05) is 5.32 Å². The van der Waals surface area contributed by atoms with E-state index in [2.05, 4.69) is 31.2 Å². The van der Waals surface area contributed by atoms with Crippen LogP contribution in [0.3, 0.4) is 0 Å². The third kappa shape index (κ3) is 3.72. The van der Waals surface area contributed by atoms with Gasteiger partial charge in [0.15, 0.2) is 5.13 Å². The Morgan fingerprint density at radius 3 is 2.80 bits per heavy atom. The third-order valence-corrected chi connectivity index (χ3v) is 5.09. The lowest BCUT2D eigenvalue weighted by Crippen LogP contribution is -2.12. The zero-order valence-electron chi connectivity index (χ0n) is 12.9. The number of pyridine rings is 1. The first-order chi connectivity index (χ1) is 12.0.